The smallest absolute Gasteiger partial charge is 0.0719 e. The van der Waals surface area contributed by atoms with Gasteiger partial charge in [0.05, 0.1) is 5.52 Å². The second-order valence-electron chi connectivity index (χ2n) is 4.25. The summed E-state index contributed by atoms with van der Waals surface area (Å²) in [5.74, 6) is 0.350. The minimum absolute atomic E-state index is 0.112. The Kier molecular flexibility index (Phi) is 3.90. The van der Waals surface area contributed by atoms with Crippen LogP contribution in [0.5, 0.6) is 0 Å². The SMILES string of the molecule is CCC(c1ccnc2cc(Cl)ccc12)C(C)Cl. The molecule has 1 heterocycles. The van der Waals surface area contributed by atoms with E-state index in [0.29, 0.717) is 10.9 Å². The number of fused-ring (bicyclic) bond motifs is 1. The second kappa shape index (κ2) is 5.24. The van der Waals surface area contributed by atoms with E-state index in [4.69, 9.17) is 23.2 Å². The molecule has 0 aliphatic rings. The fraction of sp³-hybridized carbons (Fsp3) is 0.357. The lowest BCUT2D eigenvalue weighted by Gasteiger charge is -2.19. The summed E-state index contributed by atoms with van der Waals surface area (Å²) in [6.07, 6.45) is 2.85. The fourth-order valence-corrected chi connectivity index (χ4v) is 2.74. The molecule has 0 bridgehead atoms. The Morgan fingerprint density at radius 2 is 2.06 bits per heavy atom. The maximum atomic E-state index is 6.26. The lowest BCUT2D eigenvalue weighted by atomic mass is 9.91. The van der Waals surface area contributed by atoms with E-state index in [0.717, 1.165) is 17.3 Å². The van der Waals surface area contributed by atoms with Gasteiger partial charge < -0.3 is 0 Å². The second-order valence-corrected chi connectivity index (χ2v) is 5.38. The number of pyridine rings is 1. The molecule has 0 radical (unpaired) electrons. The van der Waals surface area contributed by atoms with Crippen molar-refractivity contribution in [2.45, 2.75) is 31.6 Å². The van der Waals surface area contributed by atoms with Crippen LogP contribution in [0.2, 0.25) is 5.02 Å². The molecule has 0 aliphatic heterocycles. The van der Waals surface area contributed by atoms with Crippen molar-refractivity contribution in [1.82, 2.24) is 4.98 Å². The molecule has 1 aromatic carbocycles. The average Bonchev–Trinajstić information content (AvgIpc) is 2.29. The third-order valence-electron chi connectivity index (χ3n) is 3.13. The van der Waals surface area contributed by atoms with Crippen LogP contribution < -0.4 is 0 Å². The van der Waals surface area contributed by atoms with Crippen molar-refractivity contribution in [2.24, 2.45) is 0 Å². The Morgan fingerprint density at radius 3 is 2.71 bits per heavy atom. The van der Waals surface area contributed by atoms with Gasteiger partial charge in [-0.1, -0.05) is 24.6 Å². The van der Waals surface area contributed by atoms with Gasteiger partial charge in [-0.3, -0.25) is 4.98 Å². The molecule has 0 N–H and O–H groups in total. The van der Waals surface area contributed by atoms with Gasteiger partial charge in [0.25, 0.3) is 0 Å². The molecule has 3 heteroatoms. The molecule has 0 amide bonds. The van der Waals surface area contributed by atoms with Crippen molar-refractivity contribution in [1.29, 1.82) is 0 Å². The molecule has 2 unspecified atom stereocenters. The Balaban J connectivity index is 2.61. The van der Waals surface area contributed by atoms with E-state index in [1.807, 2.05) is 31.3 Å². The largest absolute Gasteiger partial charge is 0.256 e. The first-order chi connectivity index (χ1) is 8.13. The van der Waals surface area contributed by atoms with Crippen molar-refractivity contribution in [3.05, 3.63) is 41.0 Å². The number of hydrogen-bond donors (Lipinski definition) is 0. The molecular weight excluding hydrogens is 253 g/mol. The van der Waals surface area contributed by atoms with Crippen molar-refractivity contribution in [3.63, 3.8) is 0 Å². The highest BCUT2D eigenvalue weighted by Gasteiger charge is 2.17. The summed E-state index contributed by atoms with van der Waals surface area (Å²) < 4.78 is 0. The number of alkyl halides is 1. The van der Waals surface area contributed by atoms with Gasteiger partial charge in [-0.05, 0) is 37.1 Å². The van der Waals surface area contributed by atoms with E-state index in [9.17, 15) is 0 Å². The topological polar surface area (TPSA) is 12.9 Å². The normalized spacial score (nSPS) is 14.8. The number of benzene rings is 1. The molecule has 2 rings (SSSR count). The number of nitrogens with zero attached hydrogens (tertiary/aromatic N) is 1. The number of rotatable bonds is 3. The van der Waals surface area contributed by atoms with Gasteiger partial charge in [0.1, 0.15) is 0 Å². The van der Waals surface area contributed by atoms with Crippen LogP contribution in [0.3, 0.4) is 0 Å². The predicted molar refractivity (Wildman–Crippen MR) is 75.1 cm³/mol. The molecule has 90 valence electrons. The van der Waals surface area contributed by atoms with E-state index in [2.05, 4.69) is 18.0 Å². The molecule has 2 aromatic rings. The van der Waals surface area contributed by atoms with Gasteiger partial charge in [-0.2, -0.15) is 0 Å². The summed E-state index contributed by atoms with van der Waals surface area (Å²) in [6.45, 7) is 4.20. The van der Waals surface area contributed by atoms with Crippen LogP contribution in [-0.2, 0) is 0 Å². The molecule has 0 saturated carbocycles. The fourth-order valence-electron chi connectivity index (χ4n) is 2.26. The molecule has 0 spiro atoms. The van der Waals surface area contributed by atoms with E-state index in [-0.39, 0.29) is 5.38 Å². The van der Waals surface area contributed by atoms with Crippen LogP contribution in [0, 0.1) is 0 Å². The van der Waals surface area contributed by atoms with E-state index in [1.54, 1.807) is 0 Å². The minimum atomic E-state index is 0.112. The zero-order valence-electron chi connectivity index (χ0n) is 9.95. The molecule has 0 saturated heterocycles. The predicted octanol–water partition coefficient (Wildman–Crippen LogP) is 5.01. The Hall–Kier alpha value is -0.790. The summed E-state index contributed by atoms with van der Waals surface area (Å²) in [5, 5.41) is 1.98. The third-order valence-corrected chi connectivity index (χ3v) is 3.67. The van der Waals surface area contributed by atoms with E-state index < -0.39 is 0 Å². The quantitative estimate of drug-likeness (QED) is 0.713. The Labute approximate surface area is 112 Å². The number of hydrogen-bond acceptors (Lipinski definition) is 1. The van der Waals surface area contributed by atoms with E-state index >= 15 is 0 Å². The van der Waals surface area contributed by atoms with Crippen molar-refractivity contribution in [2.75, 3.05) is 0 Å². The number of halogens is 2. The highest BCUT2D eigenvalue weighted by molar-refractivity contribution is 6.31. The highest BCUT2D eigenvalue weighted by atomic mass is 35.5. The molecule has 0 fully saturated rings. The summed E-state index contributed by atoms with van der Waals surface area (Å²) in [6, 6.07) is 7.89. The van der Waals surface area contributed by atoms with Crippen molar-refractivity contribution < 1.29 is 0 Å². The van der Waals surface area contributed by atoms with Crippen LogP contribution in [0.15, 0.2) is 30.5 Å². The van der Waals surface area contributed by atoms with Crippen LogP contribution in [0.1, 0.15) is 31.7 Å². The molecule has 17 heavy (non-hydrogen) atoms. The zero-order chi connectivity index (χ0) is 12.4. The van der Waals surface area contributed by atoms with Crippen LogP contribution in [0.25, 0.3) is 10.9 Å². The average molecular weight is 268 g/mol. The van der Waals surface area contributed by atoms with Gasteiger partial charge in [0.15, 0.2) is 0 Å². The number of aromatic nitrogens is 1. The Morgan fingerprint density at radius 1 is 1.29 bits per heavy atom. The van der Waals surface area contributed by atoms with Gasteiger partial charge in [-0.25, -0.2) is 0 Å². The highest BCUT2D eigenvalue weighted by Crippen LogP contribution is 2.32. The lowest BCUT2D eigenvalue weighted by Crippen LogP contribution is -2.09. The summed E-state index contributed by atoms with van der Waals surface area (Å²) in [7, 11) is 0. The van der Waals surface area contributed by atoms with Crippen LogP contribution in [0.4, 0.5) is 0 Å². The van der Waals surface area contributed by atoms with Crippen LogP contribution >= 0.6 is 23.2 Å². The monoisotopic (exact) mass is 267 g/mol. The van der Waals surface area contributed by atoms with Crippen molar-refractivity contribution >= 4 is 34.1 Å². The van der Waals surface area contributed by atoms with Gasteiger partial charge in [0, 0.05) is 27.9 Å². The Bertz CT molecular complexity index is 523. The van der Waals surface area contributed by atoms with Crippen LogP contribution in [-0.4, -0.2) is 10.4 Å². The van der Waals surface area contributed by atoms with Crippen molar-refractivity contribution in [3.8, 4) is 0 Å². The first-order valence-electron chi connectivity index (χ1n) is 5.81. The summed E-state index contributed by atoms with van der Waals surface area (Å²) >= 11 is 12.2. The lowest BCUT2D eigenvalue weighted by molar-refractivity contribution is 0.653. The maximum Gasteiger partial charge on any atom is 0.0719 e. The molecule has 1 aromatic heterocycles. The standard InChI is InChI=1S/C14H15Cl2N/c1-3-11(9(2)15)12-6-7-17-14-8-10(16)4-5-13(12)14/h4-9,11H,3H2,1-2H3. The maximum absolute atomic E-state index is 6.26. The summed E-state index contributed by atoms with van der Waals surface area (Å²) in [5.41, 5.74) is 2.20. The van der Waals surface area contributed by atoms with Gasteiger partial charge in [0.2, 0.25) is 0 Å². The third kappa shape index (κ3) is 2.56. The van der Waals surface area contributed by atoms with E-state index in [1.165, 1.54) is 5.56 Å². The molecule has 2 atom stereocenters. The minimum Gasteiger partial charge on any atom is -0.256 e. The van der Waals surface area contributed by atoms with Gasteiger partial charge >= 0.3 is 0 Å². The first-order valence-corrected chi connectivity index (χ1v) is 6.63. The zero-order valence-corrected chi connectivity index (χ0v) is 11.5. The molecule has 0 aliphatic carbocycles. The summed E-state index contributed by atoms with van der Waals surface area (Å²) in [4.78, 5) is 4.35. The molecular formula is C14H15Cl2N. The first kappa shape index (κ1) is 12.7. The molecule has 1 nitrogen and oxygen atoms in total. The van der Waals surface area contributed by atoms with Gasteiger partial charge in [-0.15, -0.1) is 11.6 Å².